The predicted octanol–water partition coefficient (Wildman–Crippen LogP) is 1.87. The van der Waals surface area contributed by atoms with Gasteiger partial charge in [-0.05, 0) is 53.6 Å². The van der Waals surface area contributed by atoms with Crippen LogP contribution >= 0.6 is 0 Å². The highest BCUT2D eigenvalue weighted by Crippen LogP contribution is 2.21. The number of methoxy groups -OCH3 is 1. The number of hydrogen-bond acceptors (Lipinski definition) is 3. The Hall–Kier alpha value is -0.120. The van der Waals surface area contributed by atoms with E-state index in [1.807, 2.05) is 0 Å². The van der Waals surface area contributed by atoms with Gasteiger partial charge in [0.05, 0.1) is 5.60 Å². The normalized spacial score (nSPS) is 24.8. The van der Waals surface area contributed by atoms with Gasteiger partial charge in [0.2, 0.25) is 0 Å². The molecule has 1 N–H and O–H groups in total. The van der Waals surface area contributed by atoms with E-state index in [-0.39, 0.29) is 5.60 Å². The van der Waals surface area contributed by atoms with Crippen molar-refractivity contribution in [2.75, 3.05) is 27.2 Å². The molecule has 1 fully saturated rings. The second kappa shape index (κ2) is 5.99. The van der Waals surface area contributed by atoms with Crippen LogP contribution in [-0.4, -0.2) is 49.8 Å². The van der Waals surface area contributed by atoms with E-state index in [0.29, 0.717) is 12.1 Å². The lowest BCUT2D eigenvalue weighted by molar-refractivity contribution is -0.00933. The molecule has 0 aliphatic carbocycles. The van der Waals surface area contributed by atoms with Crippen molar-refractivity contribution in [2.24, 2.45) is 0 Å². The molecule has 2 atom stereocenters. The third kappa shape index (κ3) is 4.04. The van der Waals surface area contributed by atoms with Crippen LogP contribution in [0.5, 0.6) is 0 Å². The quantitative estimate of drug-likeness (QED) is 0.777. The zero-order valence-corrected chi connectivity index (χ0v) is 11.5. The first-order valence-corrected chi connectivity index (χ1v) is 6.44. The molecule has 1 rings (SSSR count). The van der Waals surface area contributed by atoms with Crippen molar-refractivity contribution in [3.63, 3.8) is 0 Å². The maximum atomic E-state index is 5.50. The molecule has 0 bridgehead atoms. The van der Waals surface area contributed by atoms with Crippen LogP contribution in [0.2, 0.25) is 0 Å². The van der Waals surface area contributed by atoms with E-state index in [1.165, 1.54) is 19.4 Å². The van der Waals surface area contributed by atoms with Crippen molar-refractivity contribution in [3.8, 4) is 0 Å². The van der Waals surface area contributed by atoms with E-state index >= 15 is 0 Å². The van der Waals surface area contributed by atoms with Crippen molar-refractivity contribution in [2.45, 2.75) is 57.7 Å². The molecule has 1 heterocycles. The van der Waals surface area contributed by atoms with Crippen LogP contribution in [0.15, 0.2) is 0 Å². The van der Waals surface area contributed by atoms with E-state index < -0.39 is 0 Å². The molecule has 3 nitrogen and oxygen atoms in total. The van der Waals surface area contributed by atoms with Crippen molar-refractivity contribution in [1.82, 2.24) is 10.2 Å². The van der Waals surface area contributed by atoms with Crippen LogP contribution in [0.25, 0.3) is 0 Å². The average molecular weight is 228 g/mol. The van der Waals surface area contributed by atoms with Gasteiger partial charge in [0.15, 0.2) is 0 Å². The van der Waals surface area contributed by atoms with E-state index in [0.717, 1.165) is 13.0 Å². The minimum atomic E-state index is -0.0181. The van der Waals surface area contributed by atoms with E-state index in [2.05, 4.69) is 38.0 Å². The molecule has 1 saturated heterocycles. The van der Waals surface area contributed by atoms with Gasteiger partial charge < -0.3 is 10.1 Å². The smallest absolute Gasteiger partial charge is 0.0637 e. The molecule has 0 aromatic carbocycles. The molecule has 0 aromatic rings. The van der Waals surface area contributed by atoms with Gasteiger partial charge in [-0.25, -0.2) is 0 Å². The van der Waals surface area contributed by atoms with Crippen molar-refractivity contribution in [3.05, 3.63) is 0 Å². The van der Waals surface area contributed by atoms with Gasteiger partial charge in [0.1, 0.15) is 0 Å². The van der Waals surface area contributed by atoms with Crippen LogP contribution in [0.4, 0.5) is 0 Å². The minimum Gasteiger partial charge on any atom is -0.379 e. The standard InChI is InChI=1S/C13H28N2O/c1-11(9-13(2,3)16-5)15(4)12-7-6-8-14-10-12/h11-12,14H,6-10H2,1-5H3. The van der Waals surface area contributed by atoms with Crippen LogP contribution in [0, 0.1) is 0 Å². The molecule has 1 aliphatic rings. The Morgan fingerprint density at radius 3 is 2.69 bits per heavy atom. The zero-order valence-electron chi connectivity index (χ0n) is 11.5. The molecule has 16 heavy (non-hydrogen) atoms. The number of likely N-dealkylation sites (N-methyl/N-ethyl adjacent to an activating group) is 1. The van der Waals surface area contributed by atoms with Crippen molar-refractivity contribution in [1.29, 1.82) is 0 Å². The summed E-state index contributed by atoms with van der Waals surface area (Å²) in [4.78, 5) is 2.51. The van der Waals surface area contributed by atoms with E-state index in [9.17, 15) is 0 Å². The first-order valence-electron chi connectivity index (χ1n) is 6.44. The molecule has 96 valence electrons. The van der Waals surface area contributed by atoms with Crippen molar-refractivity contribution >= 4 is 0 Å². The summed E-state index contributed by atoms with van der Waals surface area (Å²) in [6.07, 6.45) is 3.70. The summed E-state index contributed by atoms with van der Waals surface area (Å²) in [7, 11) is 4.04. The first kappa shape index (κ1) is 13.9. The lowest BCUT2D eigenvalue weighted by atomic mass is 9.96. The SMILES string of the molecule is COC(C)(C)CC(C)N(C)C1CCCNC1. The largest absolute Gasteiger partial charge is 0.379 e. The number of piperidine rings is 1. The van der Waals surface area contributed by atoms with Gasteiger partial charge in [0.25, 0.3) is 0 Å². The number of nitrogens with zero attached hydrogens (tertiary/aromatic N) is 1. The summed E-state index contributed by atoms with van der Waals surface area (Å²) in [6, 6.07) is 1.26. The van der Waals surface area contributed by atoms with Crippen LogP contribution < -0.4 is 5.32 Å². The molecular weight excluding hydrogens is 200 g/mol. The maximum Gasteiger partial charge on any atom is 0.0637 e. The number of rotatable bonds is 5. The summed E-state index contributed by atoms with van der Waals surface area (Å²) >= 11 is 0. The number of nitrogens with one attached hydrogen (secondary N) is 1. The van der Waals surface area contributed by atoms with Crippen molar-refractivity contribution < 1.29 is 4.74 Å². The Kier molecular flexibility index (Phi) is 5.22. The monoisotopic (exact) mass is 228 g/mol. The fourth-order valence-corrected chi connectivity index (χ4v) is 2.48. The van der Waals surface area contributed by atoms with E-state index in [1.54, 1.807) is 7.11 Å². The van der Waals surface area contributed by atoms with Crippen LogP contribution in [0.3, 0.4) is 0 Å². The summed E-state index contributed by atoms with van der Waals surface area (Å²) in [5.74, 6) is 0. The summed E-state index contributed by atoms with van der Waals surface area (Å²) in [5, 5.41) is 3.47. The summed E-state index contributed by atoms with van der Waals surface area (Å²) in [6.45, 7) is 8.94. The van der Waals surface area contributed by atoms with Gasteiger partial charge in [0, 0.05) is 25.7 Å². The van der Waals surface area contributed by atoms with Gasteiger partial charge in [-0.3, -0.25) is 4.90 Å². The molecule has 0 amide bonds. The summed E-state index contributed by atoms with van der Waals surface area (Å²) < 4.78 is 5.50. The second-order valence-electron chi connectivity index (χ2n) is 5.68. The molecule has 0 spiro atoms. The molecule has 0 aromatic heterocycles. The number of ether oxygens (including phenoxy) is 1. The molecule has 2 unspecified atom stereocenters. The Morgan fingerprint density at radius 1 is 1.50 bits per heavy atom. The average Bonchev–Trinajstić information content (AvgIpc) is 2.28. The second-order valence-corrected chi connectivity index (χ2v) is 5.68. The highest BCUT2D eigenvalue weighted by atomic mass is 16.5. The molecule has 1 aliphatic heterocycles. The fraction of sp³-hybridized carbons (Fsp3) is 1.00. The fourth-order valence-electron chi connectivity index (χ4n) is 2.48. The summed E-state index contributed by atoms with van der Waals surface area (Å²) in [5.41, 5.74) is -0.0181. The predicted molar refractivity (Wildman–Crippen MR) is 68.8 cm³/mol. The zero-order chi connectivity index (χ0) is 12.2. The third-order valence-corrected chi connectivity index (χ3v) is 3.88. The Bertz CT molecular complexity index is 200. The lowest BCUT2D eigenvalue weighted by Gasteiger charge is -2.38. The molecule has 0 radical (unpaired) electrons. The molecular formula is C13H28N2O. The highest BCUT2D eigenvalue weighted by Gasteiger charge is 2.26. The topological polar surface area (TPSA) is 24.5 Å². The Balaban J connectivity index is 2.42. The molecule has 0 saturated carbocycles. The third-order valence-electron chi connectivity index (χ3n) is 3.88. The lowest BCUT2D eigenvalue weighted by Crippen LogP contribution is -2.49. The van der Waals surface area contributed by atoms with Gasteiger partial charge in [-0.15, -0.1) is 0 Å². The van der Waals surface area contributed by atoms with Gasteiger partial charge >= 0.3 is 0 Å². The Labute approximate surface area is 101 Å². The maximum absolute atomic E-state index is 5.50. The van der Waals surface area contributed by atoms with Crippen LogP contribution in [-0.2, 0) is 4.74 Å². The highest BCUT2D eigenvalue weighted by molar-refractivity contribution is 4.83. The Morgan fingerprint density at radius 2 is 2.19 bits per heavy atom. The van der Waals surface area contributed by atoms with Crippen LogP contribution in [0.1, 0.15) is 40.0 Å². The molecule has 3 heteroatoms. The number of hydrogen-bond donors (Lipinski definition) is 1. The first-order chi connectivity index (χ1) is 7.46. The minimum absolute atomic E-state index is 0.0181. The van der Waals surface area contributed by atoms with Gasteiger partial charge in [-0.1, -0.05) is 0 Å². The van der Waals surface area contributed by atoms with E-state index in [4.69, 9.17) is 4.74 Å². The van der Waals surface area contributed by atoms with Gasteiger partial charge in [-0.2, -0.15) is 0 Å².